The van der Waals surface area contributed by atoms with Crippen molar-refractivity contribution in [3.8, 4) is 0 Å². The van der Waals surface area contributed by atoms with Crippen LogP contribution in [0.4, 0.5) is 0 Å². The molecule has 1 aromatic heterocycles. The van der Waals surface area contributed by atoms with Gasteiger partial charge in [-0.2, -0.15) is 0 Å². The fraction of sp³-hybridized carbons (Fsp3) is 0.300. The van der Waals surface area contributed by atoms with Gasteiger partial charge in [0.25, 0.3) is 0 Å². The van der Waals surface area contributed by atoms with Crippen LogP contribution in [-0.4, -0.2) is 22.4 Å². The molecule has 1 aliphatic heterocycles. The zero-order valence-electron chi connectivity index (χ0n) is 7.86. The van der Waals surface area contributed by atoms with Crippen LogP contribution in [0.15, 0.2) is 24.1 Å². The number of Topliss-reactive ketones (excluding diaryl/α,β-unsaturated/α-hetero) is 1. The first-order chi connectivity index (χ1) is 6.77. The highest BCUT2D eigenvalue weighted by molar-refractivity contribution is 6.06. The summed E-state index contributed by atoms with van der Waals surface area (Å²) in [5.41, 5.74) is 0.394. The van der Waals surface area contributed by atoms with Crippen molar-refractivity contribution in [2.45, 2.75) is 13.3 Å². The largest absolute Gasteiger partial charge is 0.489 e. The number of nitrogens with zero attached hydrogens (tertiary/aromatic N) is 2. The van der Waals surface area contributed by atoms with E-state index >= 15 is 0 Å². The number of carbonyl (C=O) groups is 1. The lowest BCUT2D eigenvalue weighted by atomic mass is 10.2. The predicted molar refractivity (Wildman–Crippen MR) is 49.8 cm³/mol. The molecule has 0 amide bonds. The van der Waals surface area contributed by atoms with Crippen LogP contribution in [-0.2, 0) is 4.74 Å². The Morgan fingerprint density at radius 1 is 1.57 bits per heavy atom. The molecule has 0 fully saturated rings. The molecular formula is C10H10N2O2. The van der Waals surface area contributed by atoms with Crippen molar-refractivity contribution in [2.24, 2.45) is 0 Å². The summed E-state index contributed by atoms with van der Waals surface area (Å²) in [5, 5.41) is 0. The van der Waals surface area contributed by atoms with E-state index < -0.39 is 0 Å². The number of aryl methyl sites for hydroxylation is 1. The summed E-state index contributed by atoms with van der Waals surface area (Å²) in [6.07, 6.45) is 4.16. The minimum absolute atomic E-state index is 0.159. The third-order valence-electron chi connectivity index (χ3n) is 1.94. The molecule has 1 aliphatic rings. The molecule has 0 unspecified atom stereocenters. The van der Waals surface area contributed by atoms with Gasteiger partial charge in [0.05, 0.1) is 6.61 Å². The molecule has 72 valence electrons. The predicted octanol–water partition coefficient (Wildman–Crippen LogP) is 1.27. The second kappa shape index (κ2) is 3.57. The van der Waals surface area contributed by atoms with E-state index in [-0.39, 0.29) is 5.78 Å². The maximum absolute atomic E-state index is 11.7. The van der Waals surface area contributed by atoms with Gasteiger partial charge in [0, 0.05) is 12.6 Å². The number of allylic oxidation sites excluding steroid dienone is 1. The van der Waals surface area contributed by atoms with Crippen molar-refractivity contribution >= 4 is 5.78 Å². The number of hydrogen-bond donors (Lipinski definition) is 0. The van der Waals surface area contributed by atoms with Crippen LogP contribution in [0.1, 0.15) is 22.7 Å². The Labute approximate surface area is 81.6 Å². The number of aromatic nitrogens is 2. The molecule has 0 saturated carbocycles. The van der Waals surface area contributed by atoms with Crippen LogP contribution in [0.3, 0.4) is 0 Å². The standard InChI is InChI=1S/C10H10N2O2/c1-7-11-5-4-8(12-7)10(13)9-3-2-6-14-9/h3-5H,2,6H2,1H3. The zero-order valence-corrected chi connectivity index (χ0v) is 7.86. The molecule has 1 aromatic rings. The topological polar surface area (TPSA) is 52.1 Å². The molecular weight excluding hydrogens is 180 g/mol. The Morgan fingerprint density at radius 3 is 3.07 bits per heavy atom. The minimum atomic E-state index is -0.159. The number of rotatable bonds is 2. The molecule has 14 heavy (non-hydrogen) atoms. The SMILES string of the molecule is Cc1nccc(C(=O)C2=CCCO2)n1. The van der Waals surface area contributed by atoms with Gasteiger partial charge in [-0.05, 0) is 19.1 Å². The molecule has 0 aliphatic carbocycles. The van der Waals surface area contributed by atoms with Crippen LogP contribution in [0.2, 0.25) is 0 Å². The number of hydrogen-bond acceptors (Lipinski definition) is 4. The summed E-state index contributed by atoms with van der Waals surface area (Å²) in [6, 6.07) is 1.60. The van der Waals surface area contributed by atoms with Crippen molar-refractivity contribution in [3.05, 3.63) is 35.6 Å². The molecule has 0 spiro atoms. The molecule has 0 bridgehead atoms. The van der Waals surface area contributed by atoms with Crippen molar-refractivity contribution in [1.82, 2.24) is 9.97 Å². The van der Waals surface area contributed by atoms with Gasteiger partial charge in [-0.1, -0.05) is 0 Å². The highest BCUT2D eigenvalue weighted by Crippen LogP contribution is 2.13. The van der Waals surface area contributed by atoms with E-state index in [9.17, 15) is 4.79 Å². The maximum atomic E-state index is 11.7. The monoisotopic (exact) mass is 190 g/mol. The number of ether oxygens (including phenoxy) is 1. The molecule has 0 atom stereocenters. The van der Waals surface area contributed by atoms with Gasteiger partial charge in [-0.3, -0.25) is 4.79 Å². The molecule has 0 radical (unpaired) electrons. The third-order valence-corrected chi connectivity index (χ3v) is 1.94. The van der Waals surface area contributed by atoms with Crippen LogP contribution in [0.5, 0.6) is 0 Å². The molecule has 4 nitrogen and oxygen atoms in total. The van der Waals surface area contributed by atoms with Gasteiger partial charge < -0.3 is 4.74 Å². The highest BCUT2D eigenvalue weighted by Gasteiger charge is 2.18. The van der Waals surface area contributed by atoms with E-state index in [1.165, 1.54) is 0 Å². The molecule has 2 rings (SSSR count). The van der Waals surface area contributed by atoms with Crippen LogP contribution < -0.4 is 0 Å². The fourth-order valence-electron chi connectivity index (χ4n) is 1.28. The first kappa shape index (κ1) is 8.87. The average Bonchev–Trinajstić information content (AvgIpc) is 2.69. The normalized spacial score (nSPS) is 14.8. The van der Waals surface area contributed by atoms with Crippen LogP contribution in [0.25, 0.3) is 0 Å². The van der Waals surface area contributed by atoms with Gasteiger partial charge in [0.1, 0.15) is 11.5 Å². The van der Waals surface area contributed by atoms with Gasteiger partial charge in [-0.25, -0.2) is 9.97 Å². The summed E-state index contributed by atoms with van der Waals surface area (Å²) in [7, 11) is 0. The van der Waals surface area contributed by atoms with E-state index in [2.05, 4.69) is 9.97 Å². The van der Waals surface area contributed by atoms with E-state index in [0.29, 0.717) is 23.9 Å². The Kier molecular flexibility index (Phi) is 2.26. The molecule has 4 heteroatoms. The summed E-state index contributed by atoms with van der Waals surface area (Å²) in [5.74, 6) is 0.838. The summed E-state index contributed by atoms with van der Waals surface area (Å²) in [4.78, 5) is 19.7. The van der Waals surface area contributed by atoms with E-state index in [0.717, 1.165) is 6.42 Å². The van der Waals surface area contributed by atoms with Crippen LogP contribution >= 0.6 is 0 Å². The molecule has 0 aromatic carbocycles. The Hall–Kier alpha value is -1.71. The van der Waals surface area contributed by atoms with Gasteiger partial charge in [-0.15, -0.1) is 0 Å². The lowest BCUT2D eigenvalue weighted by molar-refractivity contribution is 0.0937. The molecule has 0 saturated heterocycles. The zero-order chi connectivity index (χ0) is 9.97. The first-order valence-electron chi connectivity index (χ1n) is 4.44. The quantitative estimate of drug-likeness (QED) is 0.659. The summed E-state index contributed by atoms with van der Waals surface area (Å²) in [6.45, 7) is 2.34. The molecule has 0 N–H and O–H groups in total. The first-order valence-corrected chi connectivity index (χ1v) is 4.44. The van der Waals surface area contributed by atoms with Gasteiger partial charge in [0.15, 0.2) is 5.76 Å². The van der Waals surface area contributed by atoms with Crippen molar-refractivity contribution in [2.75, 3.05) is 6.61 Å². The summed E-state index contributed by atoms with van der Waals surface area (Å²) < 4.78 is 5.16. The van der Waals surface area contributed by atoms with Crippen molar-refractivity contribution < 1.29 is 9.53 Å². The van der Waals surface area contributed by atoms with E-state index in [1.54, 1.807) is 25.3 Å². The lowest BCUT2D eigenvalue weighted by Crippen LogP contribution is -2.07. The summed E-state index contributed by atoms with van der Waals surface area (Å²) >= 11 is 0. The van der Waals surface area contributed by atoms with Crippen LogP contribution in [0, 0.1) is 6.92 Å². The van der Waals surface area contributed by atoms with Crippen molar-refractivity contribution in [3.63, 3.8) is 0 Å². The Bertz CT molecular complexity index is 399. The smallest absolute Gasteiger partial charge is 0.245 e. The molecule has 2 heterocycles. The van der Waals surface area contributed by atoms with E-state index in [4.69, 9.17) is 4.74 Å². The lowest BCUT2D eigenvalue weighted by Gasteiger charge is -2.01. The van der Waals surface area contributed by atoms with Gasteiger partial charge in [0.2, 0.25) is 5.78 Å². The second-order valence-electron chi connectivity index (χ2n) is 3.02. The maximum Gasteiger partial charge on any atom is 0.245 e. The Balaban J connectivity index is 2.27. The fourth-order valence-corrected chi connectivity index (χ4v) is 1.28. The number of carbonyl (C=O) groups excluding carboxylic acids is 1. The minimum Gasteiger partial charge on any atom is -0.489 e. The Morgan fingerprint density at radius 2 is 2.43 bits per heavy atom. The van der Waals surface area contributed by atoms with Gasteiger partial charge >= 0.3 is 0 Å². The number of ketones is 1. The van der Waals surface area contributed by atoms with Crippen molar-refractivity contribution in [1.29, 1.82) is 0 Å². The van der Waals surface area contributed by atoms with E-state index in [1.807, 2.05) is 0 Å². The average molecular weight is 190 g/mol. The highest BCUT2D eigenvalue weighted by atomic mass is 16.5. The third kappa shape index (κ3) is 1.64. The second-order valence-corrected chi connectivity index (χ2v) is 3.02.